The van der Waals surface area contributed by atoms with Gasteiger partial charge in [-0.15, -0.1) is 11.8 Å². The third-order valence-corrected chi connectivity index (χ3v) is 3.46. The highest BCUT2D eigenvalue weighted by Gasteiger charge is 2.18. The normalized spacial score (nSPS) is 13.8. The van der Waals surface area contributed by atoms with E-state index in [4.69, 9.17) is 15.7 Å². The predicted octanol–water partition coefficient (Wildman–Crippen LogP) is 2.79. The van der Waals surface area contributed by atoms with Gasteiger partial charge in [0.15, 0.2) is 0 Å². The van der Waals surface area contributed by atoms with Crippen LogP contribution < -0.4 is 10.5 Å². The van der Waals surface area contributed by atoms with Crippen LogP contribution in [0.15, 0.2) is 23.1 Å². The van der Waals surface area contributed by atoms with Gasteiger partial charge in [-0.2, -0.15) is 5.26 Å². The van der Waals surface area contributed by atoms with Crippen molar-refractivity contribution >= 4 is 11.8 Å². The van der Waals surface area contributed by atoms with Crippen LogP contribution in [0.5, 0.6) is 5.75 Å². The molecule has 0 saturated carbocycles. The van der Waals surface area contributed by atoms with E-state index in [0.29, 0.717) is 17.9 Å². The maximum Gasteiger partial charge on any atom is 0.138 e. The number of nitrogens with zero attached hydrogens (tertiary/aromatic N) is 1. The molecule has 0 aromatic heterocycles. The smallest absolute Gasteiger partial charge is 0.138 e. The van der Waals surface area contributed by atoms with Crippen LogP contribution >= 0.6 is 11.8 Å². The highest BCUT2D eigenvalue weighted by molar-refractivity contribution is 7.98. The standard InChI is InChI=1S/C13H18N2OS/c1-4-13(2,15)9-16-11-6-5-7-12(17-3)10(11)8-14/h5-7H,4,9,15H2,1-3H3. The summed E-state index contributed by atoms with van der Waals surface area (Å²) in [6.45, 7) is 4.38. The first-order valence-electron chi connectivity index (χ1n) is 5.53. The fourth-order valence-corrected chi connectivity index (χ4v) is 1.82. The summed E-state index contributed by atoms with van der Waals surface area (Å²) in [6.07, 6.45) is 2.77. The summed E-state index contributed by atoms with van der Waals surface area (Å²) >= 11 is 1.54. The number of nitriles is 1. The van der Waals surface area contributed by atoms with Gasteiger partial charge in [-0.1, -0.05) is 13.0 Å². The van der Waals surface area contributed by atoms with Crippen LogP contribution in [0, 0.1) is 11.3 Å². The van der Waals surface area contributed by atoms with Gasteiger partial charge in [-0.25, -0.2) is 0 Å². The molecule has 0 spiro atoms. The Balaban J connectivity index is 2.89. The Kier molecular flexibility index (Phi) is 4.86. The lowest BCUT2D eigenvalue weighted by Gasteiger charge is -2.23. The van der Waals surface area contributed by atoms with Crippen molar-refractivity contribution in [2.45, 2.75) is 30.7 Å². The molecule has 1 aromatic carbocycles. The second-order valence-corrected chi connectivity index (χ2v) is 5.09. The number of hydrogen-bond donors (Lipinski definition) is 1. The largest absolute Gasteiger partial charge is 0.490 e. The van der Waals surface area contributed by atoms with Gasteiger partial charge in [0.1, 0.15) is 24.0 Å². The Bertz CT molecular complexity index is 424. The minimum Gasteiger partial charge on any atom is -0.490 e. The highest BCUT2D eigenvalue weighted by Crippen LogP contribution is 2.28. The predicted molar refractivity (Wildman–Crippen MR) is 71.3 cm³/mol. The number of rotatable bonds is 5. The summed E-state index contributed by atoms with van der Waals surface area (Å²) in [6, 6.07) is 7.80. The third-order valence-electron chi connectivity index (χ3n) is 2.68. The first-order chi connectivity index (χ1) is 8.04. The molecule has 0 saturated heterocycles. The Morgan fingerprint density at radius 3 is 2.76 bits per heavy atom. The van der Waals surface area contributed by atoms with Crippen LogP contribution in [0.2, 0.25) is 0 Å². The molecule has 0 amide bonds. The molecule has 1 atom stereocenters. The van der Waals surface area contributed by atoms with Gasteiger partial charge in [0, 0.05) is 10.4 Å². The summed E-state index contributed by atoms with van der Waals surface area (Å²) in [5, 5.41) is 9.14. The number of hydrogen-bond acceptors (Lipinski definition) is 4. The van der Waals surface area contributed by atoms with Crippen LogP contribution in [0.1, 0.15) is 25.8 Å². The lowest BCUT2D eigenvalue weighted by Crippen LogP contribution is -2.41. The van der Waals surface area contributed by atoms with E-state index in [9.17, 15) is 0 Å². The van der Waals surface area contributed by atoms with Gasteiger partial charge >= 0.3 is 0 Å². The second kappa shape index (κ2) is 5.95. The van der Waals surface area contributed by atoms with Crippen molar-refractivity contribution in [3.05, 3.63) is 23.8 Å². The molecule has 17 heavy (non-hydrogen) atoms. The molecule has 0 aliphatic rings. The van der Waals surface area contributed by atoms with Crippen molar-refractivity contribution in [1.29, 1.82) is 5.26 Å². The zero-order chi connectivity index (χ0) is 12.9. The summed E-state index contributed by atoms with van der Waals surface area (Å²) in [4.78, 5) is 0.931. The number of ether oxygens (including phenoxy) is 1. The number of thioether (sulfide) groups is 1. The van der Waals surface area contributed by atoms with Gasteiger partial charge in [0.05, 0.1) is 0 Å². The monoisotopic (exact) mass is 250 g/mol. The molecule has 4 heteroatoms. The summed E-state index contributed by atoms with van der Waals surface area (Å²) in [5.74, 6) is 0.615. The Morgan fingerprint density at radius 2 is 2.24 bits per heavy atom. The van der Waals surface area contributed by atoms with Gasteiger partial charge in [-0.3, -0.25) is 0 Å². The first-order valence-corrected chi connectivity index (χ1v) is 6.75. The fourth-order valence-electron chi connectivity index (χ4n) is 1.26. The van der Waals surface area contributed by atoms with Gasteiger partial charge < -0.3 is 10.5 Å². The molecule has 0 fully saturated rings. The van der Waals surface area contributed by atoms with E-state index in [1.807, 2.05) is 38.3 Å². The Hall–Kier alpha value is -1.18. The summed E-state index contributed by atoms with van der Waals surface area (Å²) in [5.41, 5.74) is 6.24. The molecule has 1 aromatic rings. The molecule has 92 valence electrons. The maximum atomic E-state index is 9.14. The van der Waals surface area contributed by atoms with E-state index in [0.717, 1.165) is 11.3 Å². The third kappa shape index (κ3) is 3.65. The zero-order valence-corrected chi connectivity index (χ0v) is 11.3. The van der Waals surface area contributed by atoms with Crippen LogP contribution in [-0.2, 0) is 0 Å². The van der Waals surface area contributed by atoms with E-state index in [1.165, 1.54) is 11.8 Å². The SMILES string of the molecule is CCC(C)(N)COc1cccc(SC)c1C#N. The molecule has 0 radical (unpaired) electrons. The molecular weight excluding hydrogens is 232 g/mol. The van der Waals surface area contributed by atoms with Crippen molar-refractivity contribution in [1.82, 2.24) is 0 Å². The van der Waals surface area contributed by atoms with Gasteiger partial charge in [0.2, 0.25) is 0 Å². The Labute approximate surface area is 107 Å². The van der Waals surface area contributed by atoms with Crippen LogP contribution in [-0.4, -0.2) is 18.4 Å². The molecule has 0 aliphatic carbocycles. The summed E-state index contributed by atoms with van der Waals surface area (Å²) < 4.78 is 5.67. The van der Waals surface area contributed by atoms with Crippen LogP contribution in [0.25, 0.3) is 0 Å². The Morgan fingerprint density at radius 1 is 1.53 bits per heavy atom. The lowest BCUT2D eigenvalue weighted by molar-refractivity contribution is 0.225. The number of nitrogens with two attached hydrogens (primary N) is 1. The minimum absolute atomic E-state index is 0.359. The molecule has 1 rings (SSSR count). The zero-order valence-electron chi connectivity index (χ0n) is 10.5. The van der Waals surface area contributed by atoms with Crippen molar-refractivity contribution < 1.29 is 4.74 Å². The van der Waals surface area contributed by atoms with Crippen molar-refractivity contribution in [3.8, 4) is 11.8 Å². The van der Waals surface area contributed by atoms with Crippen molar-refractivity contribution in [2.24, 2.45) is 5.73 Å². The molecular formula is C13H18N2OS. The average molecular weight is 250 g/mol. The van der Waals surface area contributed by atoms with Gasteiger partial charge in [-0.05, 0) is 31.7 Å². The molecule has 3 nitrogen and oxygen atoms in total. The maximum absolute atomic E-state index is 9.14. The average Bonchev–Trinajstić information content (AvgIpc) is 2.35. The second-order valence-electron chi connectivity index (χ2n) is 4.24. The molecule has 0 aliphatic heterocycles. The van der Waals surface area contributed by atoms with Crippen molar-refractivity contribution in [3.63, 3.8) is 0 Å². The highest BCUT2D eigenvalue weighted by atomic mass is 32.2. The van der Waals surface area contributed by atoms with Crippen LogP contribution in [0.3, 0.4) is 0 Å². The van der Waals surface area contributed by atoms with E-state index in [2.05, 4.69) is 6.07 Å². The lowest BCUT2D eigenvalue weighted by atomic mass is 10.0. The molecule has 0 bridgehead atoms. The topological polar surface area (TPSA) is 59.0 Å². The van der Waals surface area contributed by atoms with Gasteiger partial charge in [0.25, 0.3) is 0 Å². The quantitative estimate of drug-likeness (QED) is 0.816. The molecule has 2 N–H and O–H groups in total. The van der Waals surface area contributed by atoms with Crippen LogP contribution in [0.4, 0.5) is 0 Å². The first kappa shape index (κ1) is 13.9. The van der Waals surface area contributed by atoms with E-state index in [1.54, 1.807) is 0 Å². The molecule has 0 heterocycles. The number of benzene rings is 1. The van der Waals surface area contributed by atoms with E-state index < -0.39 is 0 Å². The summed E-state index contributed by atoms with van der Waals surface area (Å²) in [7, 11) is 0. The van der Waals surface area contributed by atoms with E-state index >= 15 is 0 Å². The minimum atomic E-state index is -0.359. The van der Waals surface area contributed by atoms with E-state index in [-0.39, 0.29) is 5.54 Å². The fraction of sp³-hybridized carbons (Fsp3) is 0.462. The molecule has 1 unspecified atom stereocenters. The van der Waals surface area contributed by atoms with Crippen molar-refractivity contribution in [2.75, 3.05) is 12.9 Å².